The van der Waals surface area contributed by atoms with Crippen LogP contribution in [0.15, 0.2) is 29.2 Å². The number of urea groups is 1. The number of hydrogen-bond acceptors (Lipinski definition) is 5. The Morgan fingerprint density at radius 2 is 1.83 bits per heavy atom. The number of nitrogens with one attached hydrogen (secondary N) is 1. The lowest BCUT2D eigenvalue weighted by atomic mass is 10.3. The Labute approximate surface area is 135 Å². The van der Waals surface area contributed by atoms with Crippen molar-refractivity contribution in [2.45, 2.75) is 17.9 Å². The van der Waals surface area contributed by atoms with E-state index in [4.69, 9.17) is 5.14 Å². The molecular weight excluding hydrogens is 320 g/mol. The first-order chi connectivity index (χ1) is 10.8. The summed E-state index contributed by atoms with van der Waals surface area (Å²) < 4.78 is 22.4. The first-order valence-electron chi connectivity index (χ1n) is 7.35. The average Bonchev–Trinajstić information content (AvgIpc) is 2.47. The van der Waals surface area contributed by atoms with E-state index in [1.165, 1.54) is 24.3 Å². The van der Waals surface area contributed by atoms with Crippen LogP contribution in [-0.2, 0) is 10.0 Å². The number of benzene rings is 1. The molecule has 1 saturated heterocycles. The summed E-state index contributed by atoms with van der Waals surface area (Å²) in [7, 11) is -3.73. The van der Waals surface area contributed by atoms with Crippen LogP contribution in [0.4, 0.5) is 10.5 Å². The van der Waals surface area contributed by atoms with Gasteiger partial charge >= 0.3 is 6.03 Å². The van der Waals surface area contributed by atoms with Gasteiger partial charge in [-0.3, -0.25) is 4.90 Å². The highest BCUT2D eigenvalue weighted by Gasteiger charge is 2.21. The Kier molecular flexibility index (Phi) is 5.58. The van der Waals surface area contributed by atoms with Crippen LogP contribution in [0.5, 0.6) is 0 Å². The van der Waals surface area contributed by atoms with Crippen LogP contribution in [0.1, 0.15) is 6.92 Å². The van der Waals surface area contributed by atoms with Gasteiger partial charge in [0.25, 0.3) is 0 Å². The first-order valence-corrected chi connectivity index (χ1v) is 8.89. The largest absolute Gasteiger partial charge is 0.392 e. The zero-order valence-corrected chi connectivity index (χ0v) is 13.8. The Bertz CT molecular complexity index is 637. The number of aliphatic hydroxyl groups excluding tert-OH is 1. The van der Waals surface area contributed by atoms with E-state index in [1.807, 2.05) is 0 Å². The second-order valence-corrected chi connectivity index (χ2v) is 7.20. The number of carbonyl (C=O) groups excluding carboxylic acids is 1. The minimum atomic E-state index is -3.73. The molecule has 0 radical (unpaired) electrons. The highest BCUT2D eigenvalue weighted by atomic mass is 32.2. The van der Waals surface area contributed by atoms with Crippen molar-refractivity contribution in [1.82, 2.24) is 9.80 Å². The van der Waals surface area contributed by atoms with Crippen LogP contribution in [0.25, 0.3) is 0 Å². The molecule has 0 saturated carbocycles. The molecule has 128 valence electrons. The number of hydrogen-bond donors (Lipinski definition) is 3. The first kappa shape index (κ1) is 17.7. The molecule has 1 aliphatic rings. The van der Waals surface area contributed by atoms with Gasteiger partial charge in [-0.2, -0.15) is 0 Å². The standard InChI is InChI=1S/C14H22N4O4S/c1-11(19)10-17-6-8-18(9-7-17)14(20)16-12-2-4-13(5-3-12)23(15,21)22/h2-5,11,19H,6-10H2,1H3,(H,16,20)(H2,15,21,22)/t11-/m0/s1. The molecule has 2 amide bonds. The normalized spacial score (nSPS) is 17.8. The third-order valence-corrected chi connectivity index (χ3v) is 4.55. The summed E-state index contributed by atoms with van der Waals surface area (Å²) in [5.41, 5.74) is 0.508. The molecule has 1 fully saturated rings. The van der Waals surface area contributed by atoms with Crippen molar-refractivity contribution in [3.05, 3.63) is 24.3 Å². The van der Waals surface area contributed by atoms with Gasteiger partial charge in [0.15, 0.2) is 0 Å². The summed E-state index contributed by atoms with van der Waals surface area (Å²) >= 11 is 0. The van der Waals surface area contributed by atoms with Gasteiger partial charge in [-0.25, -0.2) is 18.4 Å². The summed E-state index contributed by atoms with van der Waals surface area (Å²) in [5, 5.41) is 17.1. The molecule has 0 bridgehead atoms. The number of primary sulfonamides is 1. The third-order valence-electron chi connectivity index (χ3n) is 3.62. The number of sulfonamides is 1. The number of amides is 2. The molecular formula is C14H22N4O4S. The van der Waals surface area contributed by atoms with Crippen LogP contribution in [0.2, 0.25) is 0 Å². The maximum absolute atomic E-state index is 12.2. The van der Waals surface area contributed by atoms with E-state index in [2.05, 4.69) is 10.2 Å². The van der Waals surface area contributed by atoms with Gasteiger partial charge in [0, 0.05) is 38.4 Å². The quantitative estimate of drug-likeness (QED) is 0.704. The van der Waals surface area contributed by atoms with Crippen molar-refractivity contribution < 1.29 is 18.3 Å². The van der Waals surface area contributed by atoms with Gasteiger partial charge in [0.2, 0.25) is 10.0 Å². The molecule has 4 N–H and O–H groups in total. The Hall–Kier alpha value is -1.68. The molecule has 0 unspecified atom stereocenters. The lowest BCUT2D eigenvalue weighted by Crippen LogP contribution is -2.51. The lowest BCUT2D eigenvalue weighted by molar-refractivity contribution is 0.0924. The molecule has 23 heavy (non-hydrogen) atoms. The van der Waals surface area contributed by atoms with Crippen molar-refractivity contribution in [2.24, 2.45) is 5.14 Å². The summed E-state index contributed by atoms with van der Waals surface area (Å²) in [4.78, 5) is 16.0. The zero-order valence-electron chi connectivity index (χ0n) is 13.0. The predicted octanol–water partition coefficient (Wildman–Crippen LogP) is -0.136. The SMILES string of the molecule is C[C@H](O)CN1CCN(C(=O)Nc2ccc(S(N)(=O)=O)cc2)CC1. The van der Waals surface area contributed by atoms with Crippen LogP contribution in [-0.4, -0.2) is 68.2 Å². The van der Waals surface area contributed by atoms with Gasteiger partial charge in [-0.1, -0.05) is 0 Å². The van der Waals surface area contributed by atoms with Gasteiger partial charge < -0.3 is 15.3 Å². The number of carbonyl (C=O) groups is 1. The monoisotopic (exact) mass is 342 g/mol. The van der Waals surface area contributed by atoms with Gasteiger partial charge in [-0.15, -0.1) is 0 Å². The van der Waals surface area contributed by atoms with Crippen LogP contribution in [0.3, 0.4) is 0 Å². The summed E-state index contributed by atoms with van der Waals surface area (Å²) in [6.07, 6.45) is -0.382. The Morgan fingerprint density at radius 3 is 2.30 bits per heavy atom. The van der Waals surface area contributed by atoms with E-state index < -0.39 is 10.0 Å². The lowest BCUT2D eigenvalue weighted by Gasteiger charge is -2.35. The molecule has 1 aromatic rings. The van der Waals surface area contributed by atoms with Crippen molar-refractivity contribution in [3.8, 4) is 0 Å². The highest BCUT2D eigenvalue weighted by molar-refractivity contribution is 7.89. The fraction of sp³-hybridized carbons (Fsp3) is 0.500. The molecule has 2 rings (SSSR count). The summed E-state index contributed by atoms with van der Waals surface area (Å²) in [6.45, 7) is 4.92. The van der Waals surface area contributed by atoms with E-state index in [0.29, 0.717) is 38.4 Å². The number of aliphatic hydroxyl groups is 1. The van der Waals surface area contributed by atoms with Gasteiger partial charge in [0.1, 0.15) is 0 Å². The molecule has 0 spiro atoms. The van der Waals surface area contributed by atoms with Crippen molar-refractivity contribution in [1.29, 1.82) is 0 Å². The number of nitrogens with zero attached hydrogens (tertiary/aromatic N) is 2. The van der Waals surface area contributed by atoms with E-state index in [0.717, 1.165) is 0 Å². The Balaban J connectivity index is 1.88. The number of anilines is 1. The maximum Gasteiger partial charge on any atom is 0.321 e. The number of β-amino-alcohol motifs (C(OH)–C–C–N with tert-alkyl or cyclic N) is 1. The van der Waals surface area contributed by atoms with Crippen molar-refractivity contribution in [2.75, 3.05) is 38.0 Å². The molecule has 8 nitrogen and oxygen atoms in total. The van der Waals surface area contributed by atoms with Crippen molar-refractivity contribution in [3.63, 3.8) is 0 Å². The molecule has 1 heterocycles. The van der Waals surface area contributed by atoms with E-state index >= 15 is 0 Å². The molecule has 1 aromatic carbocycles. The maximum atomic E-state index is 12.2. The number of nitrogens with two attached hydrogens (primary N) is 1. The summed E-state index contributed by atoms with van der Waals surface area (Å²) in [6, 6.07) is 5.48. The Morgan fingerprint density at radius 1 is 1.26 bits per heavy atom. The second-order valence-electron chi connectivity index (χ2n) is 5.64. The van der Waals surface area contributed by atoms with Crippen LogP contribution in [0, 0.1) is 0 Å². The minimum Gasteiger partial charge on any atom is -0.392 e. The number of piperazine rings is 1. The molecule has 1 aliphatic heterocycles. The van der Waals surface area contributed by atoms with E-state index in [9.17, 15) is 18.3 Å². The molecule has 1 atom stereocenters. The fourth-order valence-corrected chi connectivity index (χ4v) is 2.95. The highest BCUT2D eigenvalue weighted by Crippen LogP contribution is 2.14. The summed E-state index contributed by atoms with van der Waals surface area (Å²) in [5.74, 6) is 0. The van der Waals surface area contributed by atoms with E-state index in [-0.39, 0.29) is 17.0 Å². The number of rotatable bonds is 4. The average molecular weight is 342 g/mol. The second kappa shape index (κ2) is 7.26. The van der Waals surface area contributed by atoms with Crippen LogP contribution >= 0.6 is 0 Å². The smallest absolute Gasteiger partial charge is 0.321 e. The van der Waals surface area contributed by atoms with Gasteiger partial charge in [0.05, 0.1) is 11.0 Å². The third kappa shape index (κ3) is 5.17. The fourth-order valence-electron chi connectivity index (χ4n) is 2.44. The molecule has 9 heteroatoms. The van der Waals surface area contributed by atoms with Gasteiger partial charge in [-0.05, 0) is 31.2 Å². The zero-order chi connectivity index (χ0) is 17.0. The minimum absolute atomic E-state index is 0.00207. The predicted molar refractivity (Wildman–Crippen MR) is 86.5 cm³/mol. The van der Waals surface area contributed by atoms with E-state index in [1.54, 1.807) is 11.8 Å². The van der Waals surface area contributed by atoms with Crippen molar-refractivity contribution >= 4 is 21.7 Å². The molecule has 0 aliphatic carbocycles. The van der Waals surface area contributed by atoms with Crippen LogP contribution < -0.4 is 10.5 Å². The molecule has 0 aromatic heterocycles. The topological polar surface area (TPSA) is 116 Å².